The molecule has 6 heteroatoms. The van der Waals surface area contributed by atoms with Crippen molar-refractivity contribution in [3.05, 3.63) is 40.9 Å². The van der Waals surface area contributed by atoms with Crippen molar-refractivity contribution in [2.45, 2.75) is 25.3 Å². The van der Waals surface area contributed by atoms with Gasteiger partial charge in [-0.25, -0.2) is 0 Å². The van der Waals surface area contributed by atoms with Gasteiger partial charge in [-0.15, -0.1) is 0 Å². The molecule has 3 aliphatic rings. The molecule has 1 unspecified atom stereocenters. The lowest BCUT2D eigenvalue weighted by atomic mass is 10.0. The zero-order valence-corrected chi connectivity index (χ0v) is 13.6. The number of carbonyl (C=O) groups is 1. The average Bonchev–Trinajstić information content (AvgIpc) is 2.98. The third kappa shape index (κ3) is 3.08. The molecule has 1 atom stereocenters. The van der Waals surface area contributed by atoms with Crippen molar-refractivity contribution in [2.75, 3.05) is 19.7 Å². The van der Waals surface area contributed by atoms with Crippen LogP contribution in [0.4, 0.5) is 0 Å². The van der Waals surface area contributed by atoms with Gasteiger partial charge in [0.1, 0.15) is 12.4 Å². The van der Waals surface area contributed by atoms with Crippen molar-refractivity contribution in [1.29, 1.82) is 0 Å². The minimum atomic E-state index is 0.0431. The van der Waals surface area contributed by atoms with Crippen LogP contribution in [0, 0.1) is 0 Å². The number of amides is 1. The van der Waals surface area contributed by atoms with E-state index in [1.165, 1.54) is 0 Å². The number of ether oxygens (including phenoxy) is 1. The Balaban J connectivity index is 1.35. The second kappa shape index (κ2) is 6.28. The Hall–Kier alpha value is -1.95. The van der Waals surface area contributed by atoms with Gasteiger partial charge in [0.05, 0.1) is 12.5 Å². The van der Waals surface area contributed by atoms with Crippen LogP contribution in [0.25, 0.3) is 0 Å². The van der Waals surface area contributed by atoms with Crippen LogP contribution in [0.3, 0.4) is 0 Å². The molecule has 0 radical (unpaired) electrons. The molecule has 1 aromatic carbocycles. The summed E-state index contributed by atoms with van der Waals surface area (Å²) in [5.41, 5.74) is 2.22. The van der Waals surface area contributed by atoms with E-state index in [0.29, 0.717) is 13.0 Å². The molecule has 0 aliphatic carbocycles. The second-order valence-electron chi connectivity index (χ2n) is 5.96. The lowest BCUT2D eigenvalue weighted by Crippen LogP contribution is -2.43. The zero-order valence-electron chi connectivity index (χ0n) is 12.8. The smallest absolute Gasteiger partial charge is 0.226 e. The van der Waals surface area contributed by atoms with E-state index in [9.17, 15) is 4.79 Å². The first kappa shape index (κ1) is 14.6. The molecule has 23 heavy (non-hydrogen) atoms. The minimum absolute atomic E-state index is 0.0431. The number of thioether (sulfide) groups is 1. The number of para-hydroxylation sites is 1. The number of amidine groups is 1. The third-order valence-electron chi connectivity index (χ3n) is 4.25. The lowest BCUT2D eigenvalue weighted by molar-refractivity contribution is -0.121. The fraction of sp³-hybridized carbons (Fsp3) is 0.412. The first-order valence-corrected chi connectivity index (χ1v) is 8.85. The predicted octanol–water partition coefficient (Wildman–Crippen LogP) is 2.15. The van der Waals surface area contributed by atoms with Crippen LogP contribution in [0.5, 0.6) is 5.75 Å². The Bertz CT molecular complexity index is 686. The summed E-state index contributed by atoms with van der Waals surface area (Å²) in [5, 5.41) is 6.19. The van der Waals surface area contributed by atoms with Gasteiger partial charge < -0.3 is 15.0 Å². The van der Waals surface area contributed by atoms with Gasteiger partial charge in [0.2, 0.25) is 5.91 Å². The van der Waals surface area contributed by atoms with E-state index in [2.05, 4.69) is 26.7 Å². The average molecular weight is 329 g/mol. The summed E-state index contributed by atoms with van der Waals surface area (Å²) >= 11 is 1.62. The summed E-state index contributed by atoms with van der Waals surface area (Å²) in [6.07, 6.45) is 2.28. The highest BCUT2D eigenvalue weighted by molar-refractivity contribution is 8.16. The Kier molecular flexibility index (Phi) is 3.99. The van der Waals surface area contributed by atoms with E-state index in [1.54, 1.807) is 11.8 Å². The largest absolute Gasteiger partial charge is 0.491 e. The zero-order chi connectivity index (χ0) is 15.6. The predicted molar refractivity (Wildman–Crippen MR) is 91.5 cm³/mol. The molecule has 120 valence electrons. The molecule has 0 bridgehead atoms. The summed E-state index contributed by atoms with van der Waals surface area (Å²) in [6, 6.07) is 8.05. The Morgan fingerprint density at radius 3 is 3.30 bits per heavy atom. The second-order valence-corrected chi connectivity index (χ2v) is 6.80. The number of carbonyl (C=O) groups excluding carboxylic acids is 1. The summed E-state index contributed by atoms with van der Waals surface area (Å²) in [5.74, 6) is 0.985. The molecule has 4 rings (SSSR count). The number of nitrogens with zero attached hydrogens (tertiary/aromatic N) is 2. The van der Waals surface area contributed by atoms with Crippen molar-refractivity contribution in [1.82, 2.24) is 10.2 Å². The third-order valence-corrected chi connectivity index (χ3v) is 5.20. The molecule has 0 spiro atoms. The van der Waals surface area contributed by atoms with Crippen molar-refractivity contribution >= 4 is 22.8 Å². The van der Waals surface area contributed by atoms with E-state index < -0.39 is 0 Å². The summed E-state index contributed by atoms with van der Waals surface area (Å²) < 4.78 is 5.73. The number of aliphatic imine (C=N–C) groups is 1. The quantitative estimate of drug-likeness (QED) is 0.923. The maximum absolute atomic E-state index is 12.4. The van der Waals surface area contributed by atoms with Gasteiger partial charge in [-0.1, -0.05) is 30.0 Å². The van der Waals surface area contributed by atoms with Crippen LogP contribution in [-0.2, 0) is 11.2 Å². The summed E-state index contributed by atoms with van der Waals surface area (Å²) in [6.45, 7) is 2.39. The van der Waals surface area contributed by atoms with Gasteiger partial charge >= 0.3 is 0 Å². The topological polar surface area (TPSA) is 53.9 Å². The molecule has 0 saturated heterocycles. The SMILES string of the molecule is O=C(CC1=CSC2=NCCCN12)NC1COc2ccccc2C1. The number of hydrogen-bond donors (Lipinski definition) is 1. The molecule has 1 N–H and O–H groups in total. The van der Waals surface area contributed by atoms with E-state index in [4.69, 9.17) is 4.74 Å². The molecular formula is C17H19N3O2S. The fourth-order valence-electron chi connectivity index (χ4n) is 3.14. The highest BCUT2D eigenvalue weighted by Gasteiger charge is 2.27. The van der Waals surface area contributed by atoms with Crippen molar-refractivity contribution < 1.29 is 9.53 Å². The number of fused-ring (bicyclic) bond motifs is 2. The normalized spacial score (nSPS) is 22.4. The molecule has 3 aliphatic heterocycles. The van der Waals surface area contributed by atoms with Crippen molar-refractivity contribution in [3.8, 4) is 5.75 Å². The number of rotatable bonds is 3. The van der Waals surface area contributed by atoms with Crippen molar-refractivity contribution in [3.63, 3.8) is 0 Å². The molecule has 0 fully saturated rings. The molecule has 1 amide bonds. The Morgan fingerprint density at radius 2 is 2.35 bits per heavy atom. The van der Waals surface area contributed by atoms with E-state index >= 15 is 0 Å². The number of hydrogen-bond acceptors (Lipinski definition) is 5. The van der Waals surface area contributed by atoms with Crippen LogP contribution in [0.2, 0.25) is 0 Å². The van der Waals surface area contributed by atoms with Crippen LogP contribution in [0.1, 0.15) is 18.4 Å². The number of benzene rings is 1. The van der Waals surface area contributed by atoms with Gasteiger partial charge in [0.15, 0.2) is 5.17 Å². The lowest BCUT2D eigenvalue weighted by Gasteiger charge is -2.27. The van der Waals surface area contributed by atoms with Gasteiger partial charge in [-0.3, -0.25) is 9.79 Å². The maximum atomic E-state index is 12.4. The van der Waals surface area contributed by atoms with Crippen molar-refractivity contribution in [2.24, 2.45) is 4.99 Å². The minimum Gasteiger partial charge on any atom is -0.491 e. The van der Waals surface area contributed by atoms with E-state index in [0.717, 1.165) is 48.1 Å². The molecule has 1 aromatic rings. The molecular weight excluding hydrogens is 310 g/mol. The van der Waals surface area contributed by atoms with Crippen LogP contribution in [0.15, 0.2) is 40.4 Å². The highest BCUT2D eigenvalue weighted by atomic mass is 32.2. The first-order valence-electron chi connectivity index (χ1n) is 7.97. The van der Waals surface area contributed by atoms with Crippen LogP contribution in [-0.4, -0.2) is 41.7 Å². The highest BCUT2D eigenvalue weighted by Crippen LogP contribution is 2.30. The first-order chi connectivity index (χ1) is 11.3. The maximum Gasteiger partial charge on any atom is 0.226 e. The summed E-state index contributed by atoms with van der Waals surface area (Å²) in [4.78, 5) is 19.0. The Morgan fingerprint density at radius 1 is 1.43 bits per heavy atom. The van der Waals surface area contributed by atoms with Crippen LogP contribution < -0.4 is 10.1 Å². The molecule has 0 saturated carbocycles. The van der Waals surface area contributed by atoms with Gasteiger partial charge in [0, 0.05) is 18.8 Å². The molecule has 0 aromatic heterocycles. The Labute approximate surface area is 139 Å². The molecule has 3 heterocycles. The van der Waals surface area contributed by atoms with E-state index in [1.807, 2.05) is 18.2 Å². The fourth-order valence-corrected chi connectivity index (χ4v) is 4.09. The molecule has 5 nitrogen and oxygen atoms in total. The van der Waals surface area contributed by atoms with Gasteiger partial charge in [-0.05, 0) is 29.9 Å². The number of nitrogens with one attached hydrogen (secondary N) is 1. The summed E-state index contributed by atoms with van der Waals surface area (Å²) in [7, 11) is 0. The standard InChI is InChI=1S/C17H19N3O2S/c21-16(9-14-11-23-17-18-6-3-7-20(14)17)19-13-8-12-4-1-2-5-15(12)22-10-13/h1-2,4-5,11,13H,3,6-10H2,(H,19,21). The van der Waals surface area contributed by atoms with Crippen LogP contribution >= 0.6 is 11.8 Å². The van der Waals surface area contributed by atoms with E-state index in [-0.39, 0.29) is 11.9 Å². The monoisotopic (exact) mass is 329 g/mol. The van der Waals surface area contributed by atoms with Gasteiger partial charge in [-0.2, -0.15) is 0 Å². The van der Waals surface area contributed by atoms with Gasteiger partial charge in [0.25, 0.3) is 0 Å².